The maximum Gasteiger partial charge on any atom is 0.230 e. The van der Waals surface area contributed by atoms with E-state index in [1.54, 1.807) is 0 Å². The molecule has 0 unspecified atom stereocenters. The Hall–Kier alpha value is -2.11. The quantitative estimate of drug-likeness (QED) is 0.547. The van der Waals surface area contributed by atoms with Crippen molar-refractivity contribution in [2.24, 2.45) is 0 Å². The Morgan fingerprint density at radius 3 is 2.88 bits per heavy atom. The lowest BCUT2D eigenvalue weighted by Gasteiger charge is -2.14. The van der Waals surface area contributed by atoms with Gasteiger partial charge in [0.15, 0.2) is 0 Å². The van der Waals surface area contributed by atoms with Crippen molar-refractivity contribution >= 4 is 40.2 Å². The number of nitrogens with zero attached hydrogens (tertiary/aromatic N) is 2. The second kappa shape index (κ2) is 7.64. The smallest absolute Gasteiger partial charge is 0.230 e. The molecule has 122 valence electrons. The molecular formula is C18H16ClN3OS. The van der Waals surface area contributed by atoms with Crippen LogP contribution in [0.25, 0.3) is 10.9 Å². The minimum atomic E-state index is -0.0982. The third-order valence-electron chi connectivity index (χ3n) is 3.57. The molecule has 0 saturated carbocycles. The number of halogens is 1. The lowest BCUT2D eigenvalue weighted by Crippen LogP contribution is -2.28. The molecule has 0 radical (unpaired) electrons. The molecule has 1 atom stereocenters. The maximum atomic E-state index is 12.2. The molecule has 3 aromatic rings. The van der Waals surface area contributed by atoms with Crippen LogP contribution in [-0.4, -0.2) is 21.6 Å². The summed E-state index contributed by atoms with van der Waals surface area (Å²) in [6.07, 6.45) is 1.52. The first-order valence-corrected chi connectivity index (χ1v) is 8.87. The molecule has 6 heteroatoms. The van der Waals surface area contributed by atoms with E-state index in [2.05, 4.69) is 15.3 Å². The number of thioether (sulfide) groups is 1. The predicted octanol–water partition coefficient (Wildman–Crippen LogP) is 4.25. The molecule has 2 aromatic carbocycles. The van der Waals surface area contributed by atoms with E-state index in [0.29, 0.717) is 10.8 Å². The summed E-state index contributed by atoms with van der Waals surface area (Å²) in [6, 6.07) is 15.2. The highest BCUT2D eigenvalue weighted by atomic mass is 35.5. The summed E-state index contributed by atoms with van der Waals surface area (Å²) < 4.78 is 0. The van der Waals surface area contributed by atoms with Crippen LogP contribution in [0.3, 0.4) is 0 Å². The number of hydrogen-bond acceptors (Lipinski definition) is 4. The van der Waals surface area contributed by atoms with Gasteiger partial charge in [0.05, 0.1) is 17.3 Å². The van der Waals surface area contributed by atoms with Crippen molar-refractivity contribution in [1.82, 2.24) is 15.3 Å². The fourth-order valence-corrected chi connectivity index (χ4v) is 3.37. The second-order valence-corrected chi connectivity index (χ2v) is 6.73. The van der Waals surface area contributed by atoms with E-state index in [4.69, 9.17) is 11.6 Å². The first-order chi connectivity index (χ1) is 11.6. The third-order valence-corrected chi connectivity index (χ3v) is 4.81. The van der Waals surface area contributed by atoms with E-state index in [0.717, 1.165) is 21.5 Å². The molecule has 24 heavy (non-hydrogen) atoms. The highest BCUT2D eigenvalue weighted by Crippen LogP contribution is 2.24. The number of nitrogens with one attached hydrogen (secondary N) is 1. The van der Waals surface area contributed by atoms with Gasteiger partial charge in [-0.2, -0.15) is 0 Å². The topological polar surface area (TPSA) is 54.9 Å². The van der Waals surface area contributed by atoms with Crippen LogP contribution in [0.4, 0.5) is 0 Å². The Labute approximate surface area is 149 Å². The van der Waals surface area contributed by atoms with E-state index in [1.807, 2.05) is 55.5 Å². The molecule has 1 heterocycles. The molecule has 0 aliphatic heterocycles. The van der Waals surface area contributed by atoms with Crippen LogP contribution in [0.5, 0.6) is 0 Å². The van der Waals surface area contributed by atoms with Crippen LogP contribution in [0.1, 0.15) is 18.5 Å². The normalized spacial score (nSPS) is 12.1. The van der Waals surface area contributed by atoms with Crippen molar-refractivity contribution in [3.63, 3.8) is 0 Å². The molecule has 0 bridgehead atoms. The molecular weight excluding hydrogens is 342 g/mol. The highest BCUT2D eigenvalue weighted by molar-refractivity contribution is 8.00. The van der Waals surface area contributed by atoms with Gasteiger partial charge in [-0.05, 0) is 30.7 Å². The molecule has 0 aliphatic rings. The first kappa shape index (κ1) is 16.7. The molecule has 1 amide bonds. The van der Waals surface area contributed by atoms with Crippen LogP contribution in [0.2, 0.25) is 5.02 Å². The SMILES string of the molecule is C[C@H](NC(=O)CSc1ncnc2ccccc12)c1cccc(Cl)c1. The largest absolute Gasteiger partial charge is 0.349 e. The van der Waals surface area contributed by atoms with Gasteiger partial charge in [-0.25, -0.2) is 9.97 Å². The Morgan fingerprint density at radius 1 is 1.21 bits per heavy atom. The van der Waals surface area contributed by atoms with E-state index >= 15 is 0 Å². The number of benzene rings is 2. The van der Waals surface area contributed by atoms with Crippen molar-refractivity contribution in [1.29, 1.82) is 0 Å². The Kier molecular flexibility index (Phi) is 5.33. The number of hydrogen-bond donors (Lipinski definition) is 1. The van der Waals surface area contributed by atoms with Gasteiger partial charge < -0.3 is 5.32 Å². The standard InChI is InChI=1S/C18H16ClN3OS/c1-12(13-5-4-6-14(19)9-13)22-17(23)10-24-18-15-7-2-3-8-16(15)20-11-21-18/h2-9,11-12H,10H2,1H3,(H,22,23)/t12-/m0/s1. The Bertz CT molecular complexity index is 866. The van der Waals surface area contributed by atoms with Crippen molar-refractivity contribution in [3.8, 4) is 0 Å². The summed E-state index contributed by atoms with van der Waals surface area (Å²) in [4.78, 5) is 20.7. The zero-order valence-electron chi connectivity index (χ0n) is 13.1. The lowest BCUT2D eigenvalue weighted by atomic mass is 10.1. The number of amides is 1. The van der Waals surface area contributed by atoms with Gasteiger partial charge in [-0.1, -0.05) is 53.7 Å². The molecule has 1 N–H and O–H groups in total. The number of rotatable bonds is 5. The second-order valence-electron chi connectivity index (χ2n) is 5.33. The minimum Gasteiger partial charge on any atom is -0.349 e. The molecule has 0 aliphatic carbocycles. The molecule has 0 spiro atoms. The average molecular weight is 358 g/mol. The summed E-state index contributed by atoms with van der Waals surface area (Å²) in [5.41, 5.74) is 1.86. The van der Waals surface area contributed by atoms with Crippen molar-refractivity contribution in [2.45, 2.75) is 18.0 Å². The van der Waals surface area contributed by atoms with Crippen LogP contribution in [0.15, 0.2) is 59.9 Å². The molecule has 1 aromatic heterocycles. The minimum absolute atomic E-state index is 0.0461. The zero-order valence-corrected chi connectivity index (χ0v) is 14.6. The summed E-state index contributed by atoms with van der Waals surface area (Å²) >= 11 is 7.40. The van der Waals surface area contributed by atoms with Gasteiger partial charge in [0.1, 0.15) is 11.4 Å². The van der Waals surface area contributed by atoms with E-state index in [1.165, 1.54) is 18.1 Å². The van der Waals surface area contributed by atoms with Gasteiger partial charge in [0.25, 0.3) is 0 Å². The van der Waals surface area contributed by atoms with Gasteiger partial charge in [0, 0.05) is 10.4 Å². The first-order valence-electron chi connectivity index (χ1n) is 7.51. The summed E-state index contributed by atoms with van der Waals surface area (Å²) in [6.45, 7) is 1.94. The third kappa shape index (κ3) is 4.04. The van der Waals surface area contributed by atoms with Crippen molar-refractivity contribution in [3.05, 3.63) is 65.4 Å². The molecule has 3 rings (SSSR count). The van der Waals surface area contributed by atoms with Crippen molar-refractivity contribution < 1.29 is 4.79 Å². The number of carbonyl (C=O) groups excluding carboxylic acids is 1. The molecule has 0 fully saturated rings. The maximum absolute atomic E-state index is 12.2. The van der Waals surface area contributed by atoms with Gasteiger partial charge >= 0.3 is 0 Å². The number of fused-ring (bicyclic) bond motifs is 1. The van der Waals surface area contributed by atoms with Crippen molar-refractivity contribution in [2.75, 3.05) is 5.75 Å². The Balaban J connectivity index is 1.63. The fourth-order valence-electron chi connectivity index (χ4n) is 2.37. The van der Waals surface area contributed by atoms with Crippen LogP contribution >= 0.6 is 23.4 Å². The van der Waals surface area contributed by atoms with Crippen LogP contribution < -0.4 is 5.32 Å². The number of carbonyl (C=O) groups is 1. The van der Waals surface area contributed by atoms with Gasteiger partial charge in [-0.3, -0.25) is 4.79 Å². The zero-order chi connectivity index (χ0) is 16.9. The van der Waals surface area contributed by atoms with E-state index in [9.17, 15) is 4.79 Å². The Morgan fingerprint density at radius 2 is 2.04 bits per heavy atom. The van der Waals surface area contributed by atoms with Crippen LogP contribution in [0, 0.1) is 0 Å². The number of aromatic nitrogens is 2. The van der Waals surface area contributed by atoms with Gasteiger partial charge in [-0.15, -0.1) is 0 Å². The fraction of sp³-hybridized carbons (Fsp3) is 0.167. The summed E-state index contributed by atoms with van der Waals surface area (Å²) in [7, 11) is 0. The van der Waals surface area contributed by atoms with E-state index < -0.39 is 0 Å². The predicted molar refractivity (Wildman–Crippen MR) is 98.3 cm³/mol. The molecule has 4 nitrogen and oxygen atoms in total. The summed E-state index contributed by atoms with van der Waals surface area (Å²) in [5.74, 6) is 0.251. The highest BCUT2D eigenvalue weighted by Gasteiger charge is 2.12. The van der Waals surface area contributed by atoms with Crippen LogP contribution in [-0.2, 0) is 4.79 Å². The average Bonchev–Trinajstić information content (AvgIpc) is 2.60. The summed E-state index contributed by atoms with van der Waals surface area (Å²) in [5, 5.41) is 5.41. The molecule has 0 saturated heterocycles. The van der Waals surface area contributed by atoms with Gasteiger partial charge in [0.2, 0.25) is 5.91 Å². The van der Waals surface area contributed by atoms with E-state index in [-0.39, 0.29) is 11.9 Å². The number of para-hydroxylation sites is 1. The lowest BCUT2D eigenvalue weighted by molar-refractivity contribution is -0.119. The monoisotopic (exact) mass is 357 g/mol.